The predicted octanol–water partition coefficient (Wildman–Crippen LogP) is 3.02. The highest BCUT2D eigenvalue weighted by molar-refractivity contribution is 5.88. The molecule has 1 saturated heterocycles. The van der Waals surface area contributed by atoms with E-state index in [9.17, 15) is 10.1 Å². The van der Waals surface area contributed by atoms with Crippen LogP contribution >= 0.6 is 0 Å². The van der Waals surface area contributed by atoms with Gasteiger partial charge in [0.25, 0.3) is 5.69 Å². The van der Waals surface area contributed by atoms with E-state index in [1.165, 1.54) is 31.4 Å². The number of benzene rings is 1. The zero-order valence-electron chi connectivity index (χ0n) is 13.9. The minimum Gasteiger partial charge on any atom is -0.356 e. The quantitative estimate of drug-likeness (QED) is 0.538. The predicted molar refractivity (Wildman–Crippen MR) is 94.1 cm³/mol. The van der Waals surface area contributed by atoms with Gasteiger partial charge >= 0.3 is 0 Å². The molecule has 1 aliphatic heterocycles. The smallest absolute Gasteiger partial charge is 0.269 e. The zero-order chi connectivity index (χ0) is 17.4. The first kappa shape index (κ1) is 15.5. The maximum Gasteiger partial charge on any atom is 0.269 e. The number of anilines is 1. The van der Waals surface area contributed by atoms with Crippen LogP contribution in [0.1, 0.15) is 25.1 Å². The minimum atomic E-state index is -0.411. The number of aryl methyl sites for hydroxylation is 1. The number of nitro benzene ring substituents is 1. The molecule has 4 rings (SSSR count). The molecule has 0 aliphatic carbocycles. The van der Waals surface area contributed by atoms with E-state index in [0.717, 1.165) is 35.6 Å². The summed E-state index contributed by atoms with van der Waals surface area (Å²) in [7, 11) is 0. The second kappa shape index (κ2) is 6.12. The highest BCUT2D eigenvalue weighted by Gasteiger charge is 2.19. The molecule has 25 heavy (non-hydrogen) atoms. The lowest BCUT2D eigenvalue weighted by Crippen LogP contribution is -2.30. The molecule has 0 bridgehead atoms. The molecule has 0 spiro atoms. The molecule has 2 aromatic heterocycles. The molecular weight excluding hydrogens is 320 g/mol. The van der Waals surface area contributed by atoms with Crippen molar-refractivity contribution < 1.29 is 4.92 Å². The summed E-state index contributed by atoms with van der Waals surface area (Å²) >= 11 is 0. The number of hydrogen-bond acceptors (Lipinski definition) is 6. The summed E-state index contributed by atoms with van der Waals surface area (Å²) in [5, 5.41) is 16.2. The maximum absolute atomic E-state index is 10.8. The van der Waals surface area contributed by atoms with Crippen molar-refractivity contribution in [1.29, 1.82) is 0 Å². The third kappa shape index (κ3) is 2.79. The monoisotopic (exact) mass is 338 g/mol. The van der Waals surface area contributed by atoms with E-state index in [-0.39, 0.29) is 5.69 Å². The van der Waals surface area contributed by atoms with Crippen molar-refractivity contribution in [3.63, 3.8) is 0 Å². The van der Waals surface area contributed by atoms with Gasteiger partial charge in [-0.1, -0.05) is 0 Å². The molecule has 1 aliphatic rings. The Morgan fingerprint density at radius 1 is 1.08 bits per heavy atom. The van der Waals surface area contributed by atoms with Gasteiger partial charge in [0.15, 0.2) is 5.65 Å². The minimum absolute atomic E-state index is 0.0556. The van der Waals surface area contributed by atoms with Crippen LogP contribution in [0.3, 0.4) is 0 Å². The zero-order valence-corrected chi connectivity index (χ0v) is 13.9. The van der Waals surface area contributed by atoms with Gasteiger partial charge in [-0.2, -0.15) is 5.10 Å². The Kier molecular flexibility index (Phi) is 3.79. The first-order chi connectivity index (χ1) is 12.1. The van der Waals surface area contributed by atoms with E-state index < -0.39 is 4.92 Å². The van der Waals surface area contributed by atoms with Crippen LogP contribution in [0.5, 0.6) is 0 Å². The van der Waals surface area contributed by atoms with Crippen LogP contribution in [0.25, 0.3) is 16.7 Å². The Morgan fingerprint density at radius 3 is 2.48 bits per heavy atom. The largest absolute Gasteiger partial charge is 0.356 e. The number of aromatic nitrogens is 4. The van der Waals surface area contributed by atoms with E-state index in [1.807, 2.05) is 6.92 Å². The Hall–Kier alpha value is -3.03. The number of rotatable bonds is 3. The summed E-state index contributed by atoms with van der Waals surface area (Å²) < 4.78 is 1.71. The summed E-state index contributed by atoms with van der Waals surface area (Å²) in [4.78, 5) is 21.9. The topological polar surface area (TPSA) is 90.0 Å². The molecule has 0 saturated carbocycles. The average molecular weight is 338 g/mol. The number of nitrogens with zero attached hydrogens (tertiary/aromatic N) is 6. The van der Waals surface area contributed by atoms with Crippen molar-refractivity contribution in [2.24, 2.45) is 0 Å². The highest BCUT2D eigenvalue weighted by Crippen LogP contribution is 2.28. The number of non-ortho nitro benzene ring substituents is 1. The normalized spacial score (nSPS) is 14.8. The van der Waals surface area contributed by atoms with Crippen molar-refractivity contribution in [2.75, 3.05) is 18.0 Å². The van der Waals surface area contributed by atoms with E-state index in [2.05, 4.69) is 20.0 Å². The number of nitro groups is 1. The summed E-state index contributed by atoms with van der Waals surface area (Å²) in [6.45, 7) is 3.86. The number of piperidine rings is 1. The molecule has 0 unspecified atom stereocenters. The van der Waals surface area contributed by atoms with Crippen molar-refractivity contribution in [1.82, 2.24) is 19.7 Å². The SMILES string of the molecule is Cc1nc(N2CCCCC2)c2cnn(-c3ccc([N+](=O)[O-])cc3)c2n1. The van der Waals surface area contributed by atoms with Crippen molar-refractivity contribution in [3.8, 4) is 5.69 Å². The Bertz CT molecular complexity index is 928. The second-order valence-corrected chi connectivity index (χ2v) is 6.21. The fraction of sp³-hybridized carbons (Fsp3) is 0.353. The third-order valence-electron chi connectivity index (χ3n) is 4.48. The lowest BCUT2D eigenvalue weighted by atomic mass is 10.1. The van der Waals surface area contributed by atoms with Crippen molar-refractivity contribution >= 4 is 22.5 Å². The third-order valence-corrected chi connectivity index (χ3v) is 4.48. The molecule has 0 radical (unpaired) electrons. The second-order valence-electron chi connectivity index (χ2n) is 6.21. The van der Waals surface area contributed by atoms with E-state index >= 15 is 0 Å². The van der Waals surface area contributed by atoms with E-state index in [1.54, 1.807) is 23.0 Å². The molecule has 3 heterocycles. The molecule has 1 aromatic carbocycles. The van der Waals surface area contributed by atoms with Gasteiger partial charge in [-0.3, -0.25) is 10.1 Å². The van der Waals surface area contributed by atoms with Gasteiger partial charge in [-0.25, -0.2) is 14.6 Å². The van der Waals surface area contributed by atoms with Crippen LogP contribution in [0.2, 0.25) is 0 Å². The van der Waals surface area contributed by atoms with E-state index in [0.29, 0.717) is 5.82 Å². The van der Waals surface area contributed by atoms with Crippen LogP contribution in [0.15, 0.2) is 30.5 Å². The van der Waals surface area contributed by atoms with Gasteiger partial charge < -0.3 is 4.90 Å². The summed E-state index contributed by atoms with van der Waals surface area (Å²) in [5.74, 6) is 1.62. The molecule has 0 N–H and O–H groups in total. The van der Waals surface area contributed by atoms with Gasteiger partial charge in [0.1, 0.15) is 11.6 Å². The number of hydrogen-bond donors (Lipinski definition) is 0. The van der Waals surface area contributed by atoms with Crippen LogP contribution in [0, 0.1) is 17.0 Å². The van der Waals surface area contributed by atoms with Gasteiger partial charge in [0.05, 0.1) is 22.2 Å². The maximum atomic E-state index is 10.8. The fourth-order valence-corrected chi connectivity index (χ4v) is 3.25. The molecular formula is C17H18N6O2. The fourth-order valence-electron chi connectivity index (χ4n) is 3.25. The molecule has 8 nitrogen and oxygen atoms in total. The summed E-state index contributed by atoms with van der Waals surface area (Å²) in [5.41, 5.74) is 1.52. The molecule has 0 atom stereocenters. The Morgan fingerprint density at radius 2 is 1.80 bits per heavy atom. The van der Waals surface area contributed by atoms with Crippen LogP contribution in [0.4, 0.5) is 11.5 Å². The first-order valence-electron chi connectivity index (χ1n) is 8.35. The van der Waals surface area contributed by atoms with E-state index in [4.69, 9.17) is 0 Å². The van der Waals surface area contributed by atoms with Crippen LogP contribution in [-0.2, 0) is 0 Å². The summed E-state index contributed by atoms with van der Waals surface area (Å²) in [6.07, 6.45) is 5.37. The molecule has 3 aromatic rings. The van der Waals surface area contributed by atoms with Crippen molar-refractivity contribution in [3.05, 3.63) is 46.4 Å². The molecule has 8 heteroatoms. The molecule has 0 amide bonds. The summed E-state index contributed by atoms with van der Waals surface area (Å²) in [6, 6.07) is 6.32. The van der Waals surface area contributed by atoms with Crippen LogP contribution < -0.4 is 4.90 Å². The Labute approximate surface area is 144 Å². The average Bonchev–Trinajstić information content (AvgIpc) is 3.05. The molecule has 128 valence electrons. The first-order valence-corrected chi connectivity index (χ1v) is 8.35. The van der Waals surface area contributed by atoms with Gasteiger partial charge in [0, 0.05) is 25.2 Å². The number of fused-ring (bicyclic) bond motifs is 1. The van der Waals surface area contributed by atoms with Crippen LogP contribution in [-0.4, -0.2) is 37.8 Å². The standard InChI is InChI=1S/C17H18N6O2/c1-12-19-16(21-9-3-2-4-10-21)15-11-18-22(17(15)20-12)13-5-7-14(8-6-13)23(24)25/h5-8,11H,2-4,9-10H2,1H3. The highest BCUT2D eigenvalue weighted by atomic mass is 16.6. The van der Waals surface area contributed by atoms with Gasteiger partial charge in [0.2, 0.25) is 0 Å². The van der Waals surface area contributed by atoms with Crippen molar-refractivity contribution in [2.45, 2.75) is 26.2 Å². The van der Waals surface area contributed by atoms with Gasteiger partial charge in [-0.15, -0.1) is 0 Å². The lowest BCUT2D eigenvalue weighted by molar-refractivity contribution is -0.384. The van der Waals surface area contributed by atoms with Gasteiger partial charge in [-0.05, 0) is 38.3 Å². The molecule has 1 fully saturated rings. The Balaban J connectivity index is 1.80. The lowest BCUT2D eigenvalue weighted by Gasteiger charge is -2.28.